The van der Waals surface area contributed by atoms with E-state index >= 15 is 0 Å². The summed E-state index contributed by atoms with van der Waals surface area (Å²) in [6, 6.07) is 0. The Morgan fingerprint density at radius 1 is 1.33 bits per heavy atom. The van der Waals surface area contributed by atoms with E-state index in [9.17, 15) is 8.42 Å². The number of nitrogens with one attached hydrogen (secondary N) is 2. The molecule has 27 heavy (non-hydrogen) atoms. The Morgan fingerprint density at radius 3 is 2.63 bits per heavy atom. The first kappa shape index (κ1) is 24.2. The molecule has 0 spiro atoms. The van der Waals surface area contributed by atoms with E-state index in [0.29, 0.717) is 25.4 Å². The number of sulfone groups is 1. The van der Waals surface area contributed by atoms with Crippen LogP contribution in [0, 0.1) is 11.3 Å². The molecule has 1 heterocycles. The summed E-state index contributed by atoms with van der Waals surface area (Å²) in [7, 11) is -2.95. The van der Waals surface area contributed by atoms with Crippen molar-refractivity contribution in [2.75, 3.05) is 57.9 Å². The molecular formula is C19H40N4O3S. The molecule has 0 amide bonds. The predicted octanol–water partition coefficient (Wildman–Crippen LogP) is 1.36. The molecule has 0 saturated carbocycles. The lowest BCUT2D eigenvalue weighted by atomic mass is 9.90. The van der Waals surface area contributed by atoms with Crippen LogP contribution in [-0.4, -0.2) is 83.3 Å². The summed E-state index contributed by atoms with van der Waals surface area (Å²) in [5.41, 5.74) is -0.166. The highest BCUT2D eigenvalue weighted by atomic mass is 32.2. The Morgan fingerprint density at radius 2 is 2.04 bits per heavy atom. The number of aliphatic imine (C=N–C) groups is 1. The fraction of sp³-hybridized carbons (Fsp3) is 0.947. The zero-order valence-corrected chi connectivity index (χ0v) is 18.9. The first-order chi connectivity index (χ1) is 12.5. The molecule has 1 fully saturated rings. The van der Waals surface area contributed by atoms with Gasteiger partial charge in [0, 0.05) is 45.5 Å². The van der Waals surface area contributed by atoms with Gasteiger partial charge in [0.25, 0.3) is 0 Å². The van der Waals surface area contributed by atoms with Gasteiger partial charge >= 0.3 is 0 Å². The SMILES string of the molecule is CCNC(=NCC(C)(C)CCS(C)(=O)=O)NCC1CN(CC(C)C)CCO1. The second-order valence-electron chi connectivity index (χ2n) is 8.77. The van der Waals surface area contributed by atoms with E-state index in [1.165, 1.54) is 6.26 Å². The topological polar surface area (TPSA) is 83.0 Å². The molecule has 7 nitrogen and oxygen atoms in total. The standard InChI is InChI=1S/C19H40N4O3S/c1-7-20-18(22-15-19(4,5)8-11-27(6,24)25)21-12-17-14-23(9-10-26-17)13-16(2)3/h16-17H,7-15H2,1-6H3,(H2,20,21,22). The van der Waals surface area contributed by atoms with Gasteiger partial charge in [-0.25, -0.2) is 8.42 Å². The molecule has 0 aromatic heterocycles. The highest BCUT2D eigenvalue weighted by Crippen LogP contribution is 2.21. The van der Waals surface area contributed by atoms with Crippen LogP contribution in [0.4, 0.5) is 0 Å². The smallest absolute Gasteiger partial charge is 0.191 e. The minimum absolute atomic E-state index is 0.152. The van der Waals surface area contributed by atoms with Gasteiger partial charge in [-0.2, -0.15) is 0 Å². The lowest BCUT2D eigenvalue weighted by molar-refractivity contribution is -0.0284. The van der Waals surface area contributed by atoms with Crippen molar-refractivity contribution < 1.29 is 13.2 Å². The van der Waals surface area contributed by atoms with Gasteiger partial charge in [-0.05, 0) is 24.7 Å². The molecular weight excluding hydrogens is 364 g/mol. The molecule has 0 bridgehead atoms. The molecule has 0 aliphatic carbocycles. The Balaban J connectivity index is 2.53. The van der Waals surface area contributed by atoms with Crippen LogP contribution in [-0.2, 0) is 14.6 Å². The number of rotatable bonds is 10. The van der Waals surface area contributed by atoms with E-state index in [2.05, 4.69) is 48.2 Å². The van der Waals surface area contributed by atoms with E-state index in [-0.39, 0.29) is 17.3 Å². The molecule has 8 heteroatoms. The Kier molecular flexibility index (Phi) is 10.0. The number of morpholine rings is 1. The van der Waals surface area contributed by atoms with Crippen LogP contribution in [0.1, 0.15) is 41.0 Å². The molecule has 0 radical (unpaired) electrons. The summed E-state index contributed by atoms with van der Waals surface area (Å²) < 4.78 is 28.7. The third kappa shape index (κ3) is 11.5. The van der Waals surface area contributed by atoms with E-state index in [4.69, 9.17) is 4.74 Å². The second-order valence-corrected chi connectivity index (χ2v) is 11.0. The minimum Gasteiger partial charge on any atom is -0.374 e. The summed E-state index contributed by atoms with van der Waals surface area (Å²) >= 11 is 0. The monoisotopic (exact) mass is 404 g/mol. The van der Waals surface area contributed by atoms with Gasteiger partial charge in [0.15, 0.2) is 5.96 Å². The molecule has 1 aliphatic heterocycles. The molecule has 0 aromatic carbocycles. The first-order valence-electron chi connectivity index (χ1n) is 10.0. The Hall–Kier alpha value is -0.860. The normalized spacial score (nSPS) is 20.1. The highest BCUT2D eigenvalue weighted by Gasteiger charge is 2.22. The average Bonchev–Trinajstić information content (AvgIpc) is 2.55. The van der Waals surface area contributed by atoms with Crippen molar-refractivity contribution in [2.24, 2.45) is 16.3 Å². The molecule has 1 atom stereocenters. The van der Waals surface area contributed by atoms with Gasteiger partial charge in [-0.1, -0.05) is 27.7 Å². The third-order valence-electron chi connectivity index (χ3n) is 4.50. The van der Waals surface area contributed by atoms with Crippen molar-refractivity contribution in [1.29, 1.82) is 0 Å². The van der Waals surface area contributed by atoms with Gasteiger partial charge in [-0.3, -0.25) is 9.89 Å². The zero-order chi connectivity index (χ0) is 20.5. The van der Waals surface area contributed by atoms with E-state index in [0.717, 1.165) is 38.7 Å². The Bertz CT molecular complexity index is 561. The molecule has 0 aromatic rings. The van der Waals surface area contributed by atoms with Crippen LogP contribution in [0.3, 0.4) is 0 Å². The molecule has 2 N–H and O–H groups in total. The van der Waals surface area contributed by atoms with Crippen LogP contribution in [0.25, 0.3) is 0 Å². The van der Waals surface area contributed by atoms with Crippen molar-refractivity contribution in [3.63, 3.8) is 0 Å². The maximum atomic E-state index is 11.4. The van der Waals surface area contributed by atoms with Crippen molar-refractivity contribution in [2.45, 2.75) is 47.1 Å². The van der Waals surface area contributed by atoms with Crippen molar-refractivity contribution in [1.82, 2.24) is 15.5 Å². The summed E-state index contributed by atoms with van der Waals surface area (Å²) in [6.07, 6.45) is 2.04. The zero-order valence-electron chi connectivity index (χ0n) is 18.0. The van der Waals surface area contributed by atoms with Crippen molar-refractivity contribution >= 4 is 15.8 Å². The number of ether oxygens (including phenoxy) is 1. The first-order valence-corrected chi connectivity index (χ1v) is 12.1. The molecule has 160 valence electrons. The highest BCUT2D eigenvalue weighted by molar-refractivity contribution is 7.90. The lowest BCUT2D eigenvalue weighted by Gasteiger charge is -2.34. The average molecular weight is 405 g/mol. The quantitative estimate of drug-likeness (QED) is 0.423. The van der Waals surface area contributed by atoms with Gasteiger partial charge in [0.2, 0.25) is 0 Å². The molecule has 1 saturated heterocycles. The molecule has 1 aliphatic rings. The van der Waals surface area contributed by atoms with Crippen molar-refractivity contribution in [3.8, 4) is 0 Å². The number of guanidine groups is 1. The predicted molar refractivity (Wildman–Crippen MR) is 113 cm³/mol. The van der Waals surface area contributed by atoms with Crippen LogP contribution >= 0.6 is 0 Å². The lowest BCUT2D eigenvalue weighted by Crippen LogP contribution is -2.50. The van der Waals surface area contributed by atoms with Gasteiger partial charge < -0.3 is 15.4 Å². The summed E-state index contributed by atoms with van der Waals surface area (Å²) in [4.78, 5) is 7.13. The van der Waals surface area contributed by atoms with Gasteiger partial charge in [0.05, 0.1) is 18.5 Å². The maximum absolute atomic E-state index is 11.4. The van der Waals surface area contributed by atoms with Crippen LogP contribution in [0.5, 0.6) is 0 Å². The van der Waals surface area contributed by atoms with Crippen LogP contribution in [0.15, 0.2) is 4.99 Å². The van der Waals surface area contributed by atoms with Crippen LogP contribution < -0.4 is 10.6 Å². The fourth-order valence-corrected chi connectivity index (χ4v) is 3.90. The number of hydrogen-bond acceptors (Lipinski definition) is 5. The molecule has 1 rings (SSSR count). The van der Waals surface area contributed by atoms with E-state index < -0.39 is 9.84 Å². The van der Waals surface area contributed by atoms with Crippen LogP contribution in [0.2, 0.25) is 0 Å². The minimum atomic E-state index is -2.95. The summed E-state index contributed by atoms with van der Waals surface area (Å²) in [5, 5.41) is 6.64. The summed E-state index contributed by atoms with van der Waals surface area (Å²) in [5.74, 6) is 1.61. The summed E-state index contributed by atoms with van der Waals surface area (Å²) in [6.45, 7) is 16.5. The van der Waals surface area contributed by atoms with E-state index in [1.54, 1.807) is 0 Å². The fourth-order valence-electron chi connectivity index (χ4n) is 2.97. The number of hydrogen-bond donors (Lipinski definition) is 2. The largest absolute Gasteiger partial charge is 0.374 e. The Labute approximate surface area is 166 Å². The van der Waals surface area contributed by atoms with Crippen molar-refractivity contribution in [3.05, 3.63) is 0 Å². The maximum Gasteiger partial charge on any atom is 0.191 e. The van der Waals surface area contributed by atoms with Gasteiger partial charge in [0.1, 0.15) is 9.84 Å². The molecule has 1 unspecified atom stereocenters. The third-order valence-corrected chi connectivity index (χ3v) is 5.45. The van der Waals surface area contributed by atoms with E-state index in [1.807, 2.05) is 6.92 Å². The van der Waals surface area contributed by atoms with Gasteiger partial charge in [-0.15, -0.1) is 0 Å². The number of nitrogens with zero attached hydrogens (tertiary/aromatic N) is 2. The second kappa shape index (κ2) is 11.2.